The predicted molar refractivity (Wildman–Crippen MR) is 98.6 cm³/mol. The number of hydrogen-bond donors (Lipinski definition) is 1. The van der Waals surface area contributed by atoms with Crippen molar-refractivity contribution in [1.82, 2.24) is 0 Å². The van der Waals surface area contributed by atoms with E-state index in [0.29, 0.717) is 0 Å². The van der Waals surface area contributed by atoms with Gasteiger partial charge in [-0.05, 0) is 43.4 Å². The molecule has 0 unspecified atom stereocenters. The van der Waals surface area contributed by atoms with E-state index in [1.54, 1.807) is 0 Å². The third kappa shape index (κ3) is 7.86. The Hall–Kier alpha value is -1.63. The number of aliphatic hydroxyl groups is 1. The monoisotopic (exact) mass is 401 g/mol. The van der Waals surface area contributed by atoms with E-state index in [1.807, 2.05) is 0 Å². The summed E-state index contributed by atoms with van der Waals surface area (Å²) in [7, 11) is 0. The molecule has 0 amide bonds. The lowest BCUT2D eigenvalue weighted by molar-refractivity contribution is -0.696. The van der Waals surface area contributed by atoms with Crippen LogP contribution in [0.15, 0.2) is 48.8 Å². The number of unbranched alkanes of at least 4 members (excludes halogenated alkanes) is 1. The molecule has 0 spiro atoms. The molecule has 0 fully saturated rings. The Labute approximate surface area is 162 Å². The van der Waals surface area contributed by atoms with Crippen LogP contribution in [0, 0.1) is 11.8 Å². The molecule has 2 aromatic rings. The lowest BCUT2D eigenvalue weighted by Gasteiger charge is -2.02. The zero-order valence-corrected chi connectivity index (χ0v) is 16.6. The van der Waals surface area contributed by atoms with E-state index in [2.05, 4.69) is 72.1 Å². The van der Waals surface area contributed by atoms with Crippen molar-refractivity contribution in [2.24, 2.45) is 0 Å². The molecule has 134 valence electrons. The highest BCUT2D eigenvalue weighted by Gasteiger charge is 2.02. The highest BCUT2D eigenvalue weighted by Crippen LogP contribution is 2.10. The summed E-state index contributed by atoms with van der Waals surface area (Å²) < 4.78 is 2.18. The van der Waals surface area contributed by atoms with Gasteiger partial charge in [-0.15, -0.1) is 0 Å². The molecule has 0 aliphatic carbocycles. The lowest BCUT2D eigenvalue weighted by atomic mass is 10.0. The molecular weight excluding hydrogens is 374 g/mol. The lowest BCUT2D eigenvalue weighted by Crippen LogP contribution is -3.00. The number of rotatable bonds is 8. The van der Waals surface area contributed by atoms with Crippen LogP contribution in [0.5, 0.6) is 0 Å². The van der Waals surface area contributed by atoms with Gasteiger partial charge in [0.05, 0.1) is 6.42 Å². The first-order chi connectivity index (χ1) is 11.8. The normalized spacial score (nSPS) is 9.84. The van der Waals surface area contributed by atoms with Crippen molar-refractivity contribution in [1.29, 1.82) is 0 Å². The molecular formula is C22H28BrNO. The number of nitrogens with zero attached hydrogens (tertiary/aromatic N) is 1. The molecule has 0 radical (unpaired) electrons. The van der Waals surface area contributed by atoms with Crippen molar-refractivity contribution in [2.75, 3.05) is 6.61 Å². The van der Waals surface area contributed by atoms with Gasteiger partial charge in [0, 0.05) is 23.8 Å². The smallest absolute Gasteiger partial charge is 0.172 e. The van der Waals surface area contributed by atoms with Crippen LogP contribution in [0.2, 0.25) is 0 Å². The Kier molecular flexibility index (Phi) is 10.9. The molecule has 0 aliphatic rings. The quantitative estimate of drug-likeness (QED) is 0.510. The van der Waals surface area contributed by atoms with E-state index in [4.69, 9.17) is 5.11 Å². The summed E-state index contributed by atoms with van der Waals surface area (Å²) in [4.78, 5) is 0. The first-order valence-electron chi connectivity index (χ1n) is 8.99. The third-order valence-corrected chi connectivity index (χ3v) is 4.08. The number of aliphatic hydroxyl groups excluding tert-OH is 1. The number of halogens is 1. The number of pyridine rings is 1. The molecule has 1 aromatic carbocycles. The highest BCUT2D eigenvalue weighted by molar-refractivity contribution is 5.41. The van der Waals surface area contributed by atoms with Gasteiger partial charge >= 0.3 is 0 Å². The fraction of sp³-hybridized carbons (Fsp3) is 0.409. The summed E-state index contributed by atoms with van der Waals surface area (Å²) in [6.45, 7) is 3.37. The van der Waals surface area contributed by atoms with Crippen molar-refractivity contribution in [3.63, 3.8) is 0 Å². The summed E-state index contributed by atoms with van der Waals surface area (Å²) in [5.41, 5.74) is 3.81. The second kappa shape index (κ2) is 12.7. The van der Waals surface area contributed by atoms with E-state index in [-0.39, 0.29) is 23.6 Å². The van der Waals surface area contributed by atoms with Crippen molar-refractivity contribution in [3.8, 4) is 11.8 Å². The number of aryl methyl sites for hydroxylation is 3. The number of hydrogen-bond acceptors (Lipinski definition) is 1. The van der Waals surface area contributed by atoms with Crippen LogP contribution < -0.4 is 21.5 Å². The topological polar surface area (TPSA) is 24.1 Å². The molecule has 0 aliphatic heterocycles. The Morgan fingerprint density at radius 1 is 1.04 bits per heavy atom. The minimum absolute atomic E-state index is 0. The van der Waals surface area contributed by atoms with Gasteiger partial charge in [0.15, 0.2) is 18.9 Å². The van der Waals surface area contributed by atoms with Gasteiger partial charge in [-0.1, -0.05) is 43.4 Å². The van der Waals surface area contributed by atoms with Crippen LogP contribution in [-0.2, 0) is 19.4 Å². The fourth-order valence-corrected chi connectivity index (χ4v) is 2.72. The molecule has 0 bridgehead atoms. The molecule has 2 rings (SSSR count). The first-order valence-corrected chi connectivity index (χ1v) is 8.99. The Balaban J connectivity index is 0.00000312. The van der Waals surface area contributed by atoms with Crippen LogP contribution in [0.4, 0.5) is 0 Å². The first kappa shape index (κ1) is 21.4. The van der Waals surface area contributed by atoms with Gasteiger partial charge in [0.1, 0.15) is 0 Å². The van der Waals surface area contributed by atoms with Crippen LogP contribution in [-0.4, -0.2) is 11.7 Å². The fourth-order valence-electron chi connectivity index (χ4n) is 2.72. The molecule has 0 atom stereocenters. The summed E-state index contributed by atoms with van der Waals surface area (Å²) in [5, 5.41) is 8.93. The van der Waals surface area contributed by atoms with Gasteiger partial charge < -0.3 is 22.1 Å². The van der Waals surface area contributed by atoms with Gasteiger partial charge in [-0.2, -0.15) is 0 Å². The van der Waals surface area contributed by atoms with Crippen LogP contribution >= 0.6 is 0 Å². The average molecular weight is 402 g/mol. The molecule has 0 saturated heterocycles. The van der Waals surface area contributed by atoms with Gasteiger partial charge in [0.25, 0.3) is 0 Å². The van der Waals surface area contributed by atoms with E-state index >= 15 is 0 Å². The second-order valence-corrected chi connectivity index (χ2v) is 6.09. The van der Waals surface area contributed by atoms with Crippen molar-refractivity contribution < 1.29 is 26.7 Å². The maximum Gasteiger partial charge on any atom is 0.172 e. The Bertz CT molecular complexity index is 688. The predicted octanol–water partition coefficient (Wildman–Crippen LogP) is 0.687. The molecule has 1 aromatic heterocycles. The van der Waals surface area contributed by atoms with Crippen molar-refractivity contribution in [3.05, 3.63) is 65.5 Å². The maximum atomic E-state index is 8.93. The molecule has 1 heterocycles. The van der Waals surface area contributed by atoms with Gasteiger partial charge in [0.2, 0.25) is 0 Å². The summed E-state index contributed by atoms with van der Waals surface area (Å²) in [6.07, 6.45) is 10.4. The Morgan fingerprint density at radius 2 is 1.88 bits per heavy atom. The van der Waals surface area contributed by atoms with Crippen LogP contribution in [0.25, 0.3) is 0 Å². The molecule has 1 N–H and O–H groups in total. The van der Waals surface area contributed by atoms with E-state index in [0.717, 1.165) is 32.2 Å². The molecule has 2 nitrogen and oxygen atoms in total. The molecule has 0 saturated carbocycles. The van der Waals surface area contributed by atoms with Gasteiger partial charge in [-0.25, -0.2) is 4.57 Å². The molecule has 3 heteroatoms. The molecule has 25 heavy (non-hydrogen) atoms. The largest absolute Gasteiger partial charge is 1.00 e. The Morgan fingerprint density at radius 3 is 2.68 bits per heavy atom. The number of benzene rings is 1. The van der Waals surface area contributed by atoms with Crippen LogP contribution in [0.3, 0.4) is 0 Å². The third-order valence-electron chi connectivity index (χ3n) is 4.08. The standard InChI is InChI=1S/C22H28NO.BrH/c1-2-3-12-21-13-4-5-14-22(21)15-6-7-16-23-17-8-10-20(19-23)11-9-18-24;/h4-5,8,10,13-14,17,19,24H,2-3,7,9,11-12,16,18H2,1H3;1H/q+1;/p-1. The maximum absolute atomic E-state index is 8.93. The number of aromatic nitrogens is 1. The van der Waals surface area contributed by atoms with Crippen molar-refractivity contribution >= 4 is 0 Å². The van der Waals surface area contributed by atoms with E-state index in [1.165, 1.54) is 29.5 Å². The minimum atomic E-state index is 0. The summed E-state index contributed by atoms with van der Waals surface area (Å²) in [6, 6.07) is 12.7. The zero-order valence-electron chi connectivity index (χ0n) is 15.0. The zero-order chi connectivity index (χ0) is 17.0. The van der Waals surface area contributed by atoms with Gasteiger partial charge in [-0.3, -0.25) is 0 Å². The van der Waals surface area contributed by atoms with Crippen molar-refractivity contribution in [2.45, 2.75) is 52.0 Å². The second-order valence-electron chi connectivity index (χ2n) is 6.09. The summed E-state index contributed by atoms with van der Waals surface area (Å²) in [5.74, 6) is 6.66. The highest BCUT2D eigenvalue weighted by atomic mass is 79.9. The van der Waals surface area contributed by atoms with E-state index in [9.17, 15) is 0 Å². The van der Waals surface area contributed by atoms with E-state index < -0.39 is 0 Å². The van der Waals surface area contributed by atoms with Crippen LogP contribution in [0.1, 0.15) is 49.3 Å². The SMILES string of the molecule is CCCCc1ccccc1C#CCC[n+]1cccc(CCCO)c1.[Br-]. The average Bonchev–Trinajstić information content (AvgIpc) is 2.63. The minimum Gasteiger partial charge on any atom is -1.00 e. The summed E-state index contributed by atoms with van der Waals surface area (Å²) >= 11 is 0.